The van der Waals surface area contributed by atoms with Gasteiger partial charge in [0.25, 0.3) is 0 Å². The van der Waals surface area contributed by atoms with Crippen molar-refractivity contribution in [3.63, 3.8) is 0 Å². The van der Waals surface area contributed by atoms with E-state index in [-0.39, 0.29) is 6.61 Å². The van der Waals surface area contributed by atoms with E-state index in [1.165, 1.54) is 0 Å². The third-order valence-corrected chi connectivity index (χ3v) is 4.33. The number of thioether (sulfide) groups is 1. The van der Waals surface area contributed by atoms with Crippen LogP contribution in [-0.4, -0.2) is 40.6 Å². The molecule has 0 saturated heterocycles. The van der Waals surface area contributed by atoms with Gasteiger partial charge in [-0.05, 0) is 0 Å². The van der Waals surface area contributed by atoms with Crippen molar-refractivity contribution in [3.8, 4) is 22.5 Å². The van der Waals surface area contributed by atoms with Crippen molar-refractivity contribution >= 4 is 11.8 Å². The molecule has 0 amide bonds. The number of aromatic nitrogens is 2. The highest BCUT2D eigenvalue weighted by Crippen LogP contribution is 2.32. The van der Waals surface area contributed by atoms with Crippen molar-refractivity contribution in [2.75, 3.05) is 25.6 Å². The summed E-state index contributed by atoms with van der Waals surface area (Å²) in [5.41, 5.74) is 4.20. The number of benzene rings is 2. The highest BCUT2D eigenvalue weighted by Gasteiger charge is 2.14. The molecular formula is C19H20N2O2S. The first-order valence-corrected chi connectivity index (χ1v) is 8.89. The van der Waals surface area contributed by atoms with Gasteiger partial charge in [-0.1, -0.05) is 72.4 Å². The molecule has 0 atom stereocenters. The number of nitrogens with one attached hydrogen (secondary N) is 1. The summed E-state index contributed by atoms with van der Waals surface area (Å²) in [5, 5.41) is 9.60. The maximum absolute atomic E-state index is 8.72. The molecule has 0 aliphatic heterocycles. The van der Waals surface area contributed by atoms with Crippen molar-refractivity contribution in [1.82, 2.24) is 9.97 Å². The summed E-state index contributed by atoms with van der Waals surface area (Å²) in [5.74, 6) is 0.788. The molecule has 2 aromatic carbocycles. The number of rotatable bonds is 8. The van der Waals surface area contributed by atoms with Gasteiger partial charge < -0.3 is 14.8 Å². The standard InChI is InChI=1S/C19H20N2O2S/c22-11-12-23-13-14-24-19-20-17(15-7-3-1-4-8-15)18(21-19)16-9-5-2-6-10-16/h1-10,22H,11-14H2,(H,20,21). The first kappa shape index (κ1) is 16.8. The Kier molecular flexibility index (Phi) is 6.07. The Morgan fingerprint density at radius 2 is 1.58 bits per heavy atom. The first-order chi connectivity index (χ1) is 11.9. The number of ether oxygens (including phenoxy) is 1. The Labute approximate surface area is 145 Å². The van der Waals surface area contributed by atoms with Gasteiger partial charge in [-0.3, -0.25) is 0 Å². The summed E-state index contributed by atoms with van der Waals surface area (Å²) >= 11 is 1.62. The average molecular weight is 340 g/mol. The molecule has 0 aliphatic rings. The third-order valence-electron chi connectivity index (χ3n) is 3.49. The lowest BCUT2D eigenvalue weighted by Crippen LogP contribution is -2.02. The summed E-state index contributed by atoms with van der Waals surface area (Å²) in [7, 11) is 0. The van der Waals surface area contributed by atoms with E-state index in [9.17, 15) is 0 Å². The number of H-pyrrole nitrogens is 1. The smallest absolute Gasteiger partial charge is 0.166 e. The Bertz CT molecular complexity index is 688. The van der Waals surface area contributed by atoms with Crippen LogP contribution < -0.4 is 0 Å². The van der Waals surface area contributed by atoms with Crippen LogP contribution in [-0.2, 0) is 4.74 Å². The van der Waals surface area contributed by atoms with Gasteiger partial charge >= 0.3 is 0 Å². The molecule has 4 nitrogen and oxygen atoms in total. The molecule has 0 radical (unpaired) electrons. The van der Waals surface area contributed by atoms with E-state index in [4.69, 9.17) is 14.8 Å². The highest BCUT2D eigenvalue weighted by atomic mass is 32.2. The van der Waals surface area contributed by atoms with Crippen LogP contribution in [0.1, 0.15) is 0 Å². The second-order valence-corrected chi connectivity index (χ2v) is 6.27. The Morgan fingerprint density at radius 1 is 0.917 bits per heavy atom. The molecule has 0 saturated carbocycles. The summed E-state index contributed by atoms with van der Waals surface area (Å²) in [4.78, 5) is 8.21. The van der Waals surface area contributed by atoms with E-state index < -0.39 is 0 Å². The fraction of sp³-hybridized carbons (Fsp3) is 0.211. The number of aliphatic hydroxyl groups is 1. The van der Waals surface area contributed by atoms with E-state index in [1.54, 1.807) is 11.8 Å². The van der Waals surface area contributed by atoms with E-state index in [0.717, 1.165) is 33.4 Å². The lowest BCUT2D eigenvalue weighted by molar-refractivity contribution is 0.103. The zero-order valence-electron chi connectivity index (χ0n) is 13.3. The van der Waals surface area contributed by atoms with Crippen LogP contribution in [0.15, 0.2) is 65.8 Å². The molecule has 5 heteroatoms. The van der Waals surface area contributed by atoms with Crippen LogP contribution in [0.4, 0.5) is 0 Å². The van der Waals surface area contributed by atoms with Gasteiger partial charge in [0.05, 0.1) is 31.2 Å². The second kappa shape index (κ2) is 8.68. The molecule has 0 fully saturated rings. The number of aliphatic hydroxyl groups excluding tert-OH is 1. The van der Waals surface area contributed by atoms with E-state index in [0.29, 0.717) is 13.2 Å². The Morgan fingerprint density at radius 3 is 2.25 bits per heavy atom. The largest absolute Gasteiger partial charge is 0.394 e. The van der Waals surface area contributed by atoms with Crippen LogP contribution in [0, 0.1) is 0 Å². The Balaban J connectivity index is 1.83. The minimum atomic E-state index is 0.0573. The number of hydrogen-bond acceptors (Lipinski definition) is 4. The van der Waals surface area contributed by atoms with Gasteiger partial charge in [-0.2, -0.15) is 0 Å². The SMILES string of the molecule is OCCOCCSc1nc(-c2ccccc2)c(-c2ccccc2)[nH]1. The molecule has 24 heavy (non-hydrogen) atoms. The first-order valence-electron chi connectivity index (χ1n) is 7.90. The van der Waals surface area contributed by atoms with E-state index in [2.05, 4.69) is 29.2 Å². The van der Waals surface area contributed by atoms with Crippen LogP contribution in [0.3, 0.4) is 0 Å². The van der Waals surface area contributed by atoms with Gasteiger partial charge in [0.15, 0.2) is 5.16 Å². The predicted octanol–water partition coefficient (Wildman–Crippen LogP) is 3.84. The van der Waals surface area contributed by atoms with Crippen molar-refractivity contribution in [2.24, 2.45) is 0 Å². The van der Waals surface area contributed by atoms with Crippen LogP contribution in [0.2, 0.25) is 0 Å². The average Bonchev–Trinajstić information content (AvgIpc) is 3.07. The molecule has 0 unspecified atom stereocenters. The van der Waals surface area contributed by atoms with Gasteiger partial charge in [-0.25, -0.2) is 4.98 Å². The van der Waals surface area contributed by atoms with Crippen LogP contribution in [0.5, 0.6) is 0 Å². The van der Waals surface area contributed by atoms with Gasteiger partial charge in [0, 0.05) is 16.9 Å². The highest BCUT2D eigenvalue weighted by molar-refractivity contribution is 7.99. The lowest BCUT2D eigenvalue weighted by Gasteiger charge is -2.02. The fourth-order valence-electron chi connectivity index (χ4n) is 2.40. The number of aromatic amines is 1. The molecule has 3 aromatic rings. The molecule has 124 valence electrons. The normalized spacial score (nSPS) is 10.9. The minimum absolute atomic E-state index is 0.0573. The summed E-state index contributed by atoms with van der Waals surface area (Å²) in [6, 6.07) is 20.4. The van der Waals surface area contributed by atoms with Crippen molar-refractivity contribution in [1.29, 1.82) is 0 Å². The van der Waals surface area contributed by atoms with Crippen molar-refractivity contribution in [3.05, 3.63) is 60.7 Å². The fourth-order valence-corrected chi connectivity index (χ4v) is 3.13. The summed E-state index contributed by atoms with van der Waals surface area (Å²) < 4.78 is 5.30. The van der Waals surface area contributed by atoms with Crippen molar-refractivity contribution in [2.45, 2.75) is 5.16 Å². The van der Waals surface area contributed by atoms with Gasteiger partial charge in [0.2, 0.25) is 0 Å². The molecular weight excluding hydrogens is 320 g/mol. The van der Waals surface area contributed by atoms with E-state index >= 15 is 0 Å². The lowest BCUT2D eigenvalue weighted by atomic mass is 10.1. The van der Waals surface area contributed by atoms with Gasteiger partial charge in [0.1, 0.15) is 0 Å². The minimum Gasteiger partial charge on any atom is -0.394 e. The summed E-state index contributed by atoms with van der Waals surface area (Å²) in [6.07, 6.45) is 0. The topological polar surface area (TPSA) is 58.1 Å². The van der Waals surface area contributed by atoms with Crippen LogP contribution in [0.25, 0.3) is 22.5 Å². The maximum atomic E-state index is 8.72. The predicted molar refractivity (Wildman–Crippen MR) is 98.1 cm³/mol. The van der Waals surface area contributed by atoms with Gasteiger partial charge in [-0.15, -0.1) is 0 Å². The van der Waals surface area contributed by atoms with Crippen LogP contribution >= 0.6 is 11.8 Å². The summed E-state index contributed by atoms with van der Waals surface area (Å²) in [6.45, 7) is 1.03. The molecule has 0 aliphatic carbocycles. The Hall–Kier alpha value is -2.08. The zero-order valence-corrected chi connectivity index (χ0v) is 14.1. The number of nitrogens with zero attached hydrogens (tertiary/aromatic N) is 1. The monoisotopic (exact) mass is 340 g/mol. The number of imidazole rings is 1. The second-order valence-electron chi connectivity index (χ2n) is 5.18. The third kappa shape index (κ3) is 4.26. The molecule has 3 rings (SSSR count). The molecule has 2 N–H and O–H groups in total. The molecule has 0 bridgehead atoms. The van der Waals surface area contributed by atoms with Crippen molar-refractivity contribution < 1.29 is 9.84 Å². The van der Waals surface area contributed by atoms with E-state index in [1.807, 2.05) is 36.4 Å². The molecule has 0 spiro atoms. The molecule has 1 aromatic heterocycles. The quantitative estimate of drug-likeness (QED) is 0.483. The zero-order chi connectivity index (χ0) is 16.6. The molecule has 1 heterocycles. The number of hydrogen-bond donors (Lipinski definition) is 2. The maximum Gasteiger partial charge on any atom is 0.166 e.